The standard InChI is InChI=1S/C47H46N6O8S/c1-27-18-35(23-38-43(27)50-24-39(46(48)57)44(38)51-32-11-7-12-33(22-32)61-4)62(59,60)34-13-6-9-30(21-34)26-53(3)47(58)31-10-5-8-29(20-31)19-28(2)49-25-41(55)36-14-16-40(54)45-37(36)15-17-42(56)52-45/h5-18,20-24,28,41,49,54-55H,19,25-26H2,1-4H3,(H2,48,57)(H,50,51)(H,52,56). The van der Waals surface area contributed by atoms with Crippen molar-refractivity contribution in [3.05, 3.63) is 159 Å². The minimum Gasteiger partial charge on any atom is -0.506 e. The third-order valence-electron chi connectivity index (χ3n) is 10.7. The van der Waals surface area contributed by atoms with Crippen LogP contribution in [0.5, 0.6) is 11.5 Å². The second-order valence-corrected chi connectivity index (χ2v) is 17.2. The number of carbonyl (C=O) groups excluding carboxylic acids is 2. The van der Waals surface area contributed by atoms with Gasteiger partial charge in [-0.2, -0.15) is 0 Å². The van der Waals surface area contributed by atoms with Gasteiger partial charge in [0.05, 0.1) is 45.3 Å². The predicted molar refractivity (Wildman–Crippen MR) is 238 cm³/mol. The fourth-order valence-electron chi connectivity index (χ4n) is 7.51. The number of aliphatic hydroxyl groups excluding tert-OH is 1. The highest BCUT2D eigenvalue weighted by molar-refractivity contribution is 7.91. The lowest BCUT2D eigenvalue weighted by atomic mass is 10.0. The number of hydrogen-bond donors (Lipinski definition) is 6. The van der Waals surface area contributed by atoms with Gasteiger partial charge in [-0.1, -0.05) is 36.4 Å². The summed E-state index contributed by atoms with van der Waals surface area (Å²) in [5.41, 5.74) is 10.2. The lowest BCUT2D eigenvalue weighted by Gasteiger charge is -2.20. The lowest BCUT2D eigenvalue weighted by Crippen LogP contribution is -2.32. The number of aromatic amines is 1. The number of benzene rings is 5. The molecule has 2 aromatic heterocycles. The molecule has 2 unspecified atom stereocenters. The summed E-state index contributed by atoms with van der Waals surface area (Å²) in [6.07, 6.45) is 0.993. The minimum absolute atomic E-state index is 0.0114. The summed E-state index contributed by atoms with van der Waals surface area (Å²) in [7, 11) is -0.927. The van der Waals surface area contributed by atoms with Crippen LogP contribution in [-0.2, 0) is 22.8 Å². The third kappa shape index (κ3) is 9.15. The number of carbonyl (C=O) groups is 2. The zero-order chi connectivity index (χ0) is 44.3. The van der Waals surface area contributed by atoms with Crippen LogP contribution >= 0.6 is 0 Å². The number of phenols is 1. The summed E-state index contributed by atoms with van der Waals surface area (Å²) >= 11 is 0. The molecule has 7 rings (SSSR count). The summed E-state index contributed by atoms with van der Waals surface area (Å²) in [5, 5.41) is 28.7. The number of primary amides is 1. The largest absolute Gasteiger partial charge is 0.506 e. The molecule has 15 heteroatoms. The molecule has 0 spiro atoms. The zero-order valence-electron chi connectivity index (χ0n) is 34.5. The molecule has 2 heterocycles. The molecule has 2 atom stereocenters. The molecular formula is C47H46N6O8S. The summed E-state index contributed by atoms with van der Waals surface area (Å²) in [6, 6.07) is 29.7. The summed E-state index contributed by atoms with van der Waals surface area (Å²) in [6.45, 7) is 4.04. The Labute approximate surface area is 357 Å². The first-order chi connectivity index (χ1) is 29.6. The minimum atomic E-state index is -4.11. The Bertz CT molecular complexity index is 3030. The van der Waals surface area contributed by atoms with Gasteiger partial charge in [-0.15, -0.1) is 0 Å². The number of sulfone groups is 1. The zero-order valence-corrected chi connectivity index (χ0v) is 35.3. The van der Waals surface area contributed by atoms with Crippen LogP contribution in [0.15, 0.2) is 130 Å². The first-order valence-electron chi connectivity index (χ1n) is 19.7. The molecule has 0 fully saturated rings. The molecule has 2 amide bonds. The van der Waals surface area contributed by atoms with Crippen molar-refractivity contribution >= 4 is 54.8 Å². The number of aliphatic hydroxyl groups is 1. The molecule has 14 nitrogen and oxygen atoms in total. The first kappa shape index (κ1) is 43.0. The Morgan fingerprint density at radius 1 is 0.919 bits per heavy atom. The molecule has 0 bridgehead atoms. The van der Waals surface area contributed by atoms with E-state index in [-0.39, 0.29) is 57.2 Å². The van der Waals surface area contributed by atoms with Crippen molar-refractivity contribution in [3.8, 4) is 11.5 Å². The number of nitrogens with two attached hydrogens (primary N) is 1. The Kier molecular flexibility index (Phi) is 12.4. The number of amides is 2. The van der Waals surface area contributed by atoms with Gasteiger partial charge in [0.15, 0.2) is 0 Å². The van der Waals surface area contributed by atoms with Crippen LogP contribution in [0.3, 0.4) is 0 Å². The van der Waals surface area contributed by atoms with Gasteiger partial charge in [0.2, 0.25) is 15.4 Å². The van der Waals surface area contributed by atoms with Gasteiger partial charge in [-0.05, 0) is 103 Å². The molecule has 0 radical (unpaired) electrons. The fraction of sp³-hybridized carbons (Fsp3) is 0.191. The topological polar surface area (TPSA) is 217 Å². The molecule has 0 aliphatic heterocycles. The molecule has 0 saturated heterocycles. The van der Waals surface area contributed by atoms with Crippen LogP contribution in [0.2, 0.25) is 0 Å². The third-order valence-corrected chi connectivity index (χ3v) is 12.4. The average Bonchev–Trinajstić information content (AvgIpc) is 3.25. The number of anilines is 2. The van der Waals surface area contributed by atoms with Gasteiger partial charge in [-0.3, -0.25) is 19.4 Å². The van der Waals surface area contributed by atoms with E-state index in [1.54, 1.807) is 86.8 Å². The van der Waals surface area contributed by atoms with Crippen molar-refractivity contribution in [1.29, 1.82) is 0 Å². The monoisotopic (exact) mass is 854 g/mol. The van der Waals surface area contributed by atoms with Crippen LogP contribution in [-0.4, -0.2) is 72.1 Å². The maximum atomic E-state index is 14.3. The predicted octanol–water partition coefficient (Wildman–Crippen LogP) is 6.30. The Morgan fingerprint density at radius 2 is 1.68 bits per heavy atom. The molecule has 318 valence electrons. The highest BCUT2D eigenvalue weighted by Gasteiger charge is 2.24. The van der Waals surface area contributed by atoms with Gasteiger partial charge >= 0.3 is 0 Å². The maximum absolute atomic E-state index is 14.3. The molecule has 7 aromatic rings. The number of pyridine rings is 2. The van der Waals surface area contributed by atoms with Crippen molar-refractivity contribution in [2.45, 2.75) is 48.7 Å². The number of methoxy groups -OCH3 is 1. The number of nitrogens with one attached hydrogen (secondary N) is 3. The van der Waals surface area contributed by atoms with E-state index in [2.05, 4.69) is 20.6 Å². The number of H-pyrrole nitrogens is 1. The van der Waals surface area contributed by atoms with E-state index in [0.717, 1.165) is 5.56 Å². The number of phenolic OH excluding ortho intramolecular Hbond substituents is 1. The van der Waals surface area contributed by atoms with Crippen LogP contribution < -0.4 is 26.7 Å². The first-order valence-corrected chi connectivity index (χ1v) is 21.2. The lowest BCUT2D eigenvalue weighted by molar-refractivity contribution is 0.0784. The summed E-state index contributed by atoms with van der Waals surface area (Å²) in [4.78, 5) is 46.7. The average molecular weight is 855 g/mol. The van der Waals surface area contributed by atoms with Crippen LogP contribution in [0.4, 0.5) is 11.4 Å². The van der Waals surface area contributed by atoms with E-state index in [1.165, 1.54) is 42.5 Å². The fourth-order valence-corrected chi connectivity index (χ4v) is 8.95. The molecular weight excluding hydrogens is 809 g/mol. The van der Waals surface area contributed by atoms with E-state index >= 15 is 0 Å². The molecule has 62 heavy (non-hydrogen) atoms. The van der Waals surface area contributed by atoms with Crippen molar-refractivity contribution in [2.75, 3.05) is 26.0 Å². The van der Waals surface area contributed by atoms with E-state index < -0.39 is 21.8 Å². The van der Waals surface area contributed by atoms with Gasteiger partial charge in [-0.25, -0.2) is 8.42 Å². The van der Waals surface area contributed by atoms with E-state index in [0.29, 0.717) is 62.1 Å². The van der Waals surface area contributed by atoms with Crippen molar-refractivity contribution in [3.63, 3.8) is 0 Å². The molecule has 5 aromatic carbocycles. The normalized spacial score (nSPS) is 12.5. The number of ether oxygens (including phenoxy) is 1. The Hall–Kier alpha value is -7.07. The smallest absolute Gasteiger partial charge is 0.253 e. The number of rotatable bonds is 15. The number of aryl methyl sites for hydroxylation is 1. The summed E-state index contributed by atoms with van der Waals surface area (Å²) in [5.74, 6) is -0.507. The maximum Gasteiger partial charge on any atom is 0.253 e. The summed E-state index contributed by atoms with van der Waals surface area (Å²) < 4.78 is 33.9. The number of hydrogen-bond acceptors (Lipinski definition) is 11. The number of fused-ring (bicyclic) bond motifs is 2. The van der Waals surface area contributed by atoms with Crippen molar-refractivity contribution in [1.82, 2.24) is 20.2 Å². The number of aromatic nitrogens is 2. The second-order valence-electron chi connectivity index (χ2n) is 15.2. The van der Waals surface area contributed by atoms with Gasteiger partial charge in [0, 0.05) is 66.5 Å². The quantitative estimate of drug-likeness (QED) is 0.0673. The van der Waals surface area contributed by atoms with Gasteiger partial charge in [0.1, 0.15) is 11.5 Å². The highest BCUT2D eigenvalue weighted by atomic mass is 32.2. The second kappa shape index (κ2) is 17.9. The van der Waals surface area contributed by atoms with Crippen molar-refractivity contribution in [2.24, 2.45) is 5.73 Å². The Morgan fingerprint density at radius 3 is 2.45 bits per heavy atom. The highest BCUT2D eigenvalue weighted by Crippen LogP contribution is 2.35. The van der Waals surface area contributed by atoms with Crippen LogP contribution in [0, 0.1) is 6.92 Å². The van der Waals surface area contributed by atoms with E-state index in [4.69, 9.17) is 10.5 Å². The number of nitrogens with zero attached hydrogens (tertiary/aromatic N) is 2. The van der Waals surface area contributed by atoms with Gasteiger partial charge < -0.3 is 41.2 Å². The SMILES string of the molecule is COc1cccc(Nc2c(C(N)=O)cnc3c(C)cc(S(=O)(=O)c4cccc(CN(C)C(=O)c5cccc(CC(C)NCC(O)c6ccc(O)c7[nH]c(=O)ccc67)c5)c4)cc23)c1. The molecule has 0 aliphatic rings. The van der Waals surface area contributed by atoms with E-state index in [9.17, 15) is 33.0 Å². The number of aromatic hydroxyl groups is 1. The van der Waals surface area contributed by atoms with Crippen LogP contribution in [0.1, 0.15) is 56.0 Å². The molecule has 7 N–H and O–H groups in total. The molecule has 0 saturated carbocycles. The molecule has 0 aliphatic carbocycles. The van der Waals surface area contributed by atoms with Crippen molar-refractivity contribution < 1.29 is 33.0 Å². The Balaban J connectivity index is 1.05. The van der Waals surface area contributed by atoms with E-state index in [1.807, 2.05) is 19.1 Å². The van der Waals surface area contributed by atoms with Crippen LogP contribution in [0.25, 0.3) is 21.8 Å². The van der Waals surface area contributed by atoms with Gasteiger partial charge in [0.25, 0.3) is 11.8 Å².